The Hall–Kier alpha value is -2.07. The topological polar surface area (TPSA) is 76.1 Å². The number of ether oxygens (including phenoxy) is 1. The molecular formula is C12H11F3N2O2. The molecule has 1 aromatic rings. The first-order chi connectivity index (χ1) is 8.85. The van der Waals surface area contributed by atoms with Gasteiger partial charge in [0.05, 0.1) is 30.7 Å². The zero-order chi connectivity index (χ0) is 14.6. The molecule has 1 aromatic carbocycles. The number of carbonyl (C=O) groups excluding carboxylic acids is 1. The average molecular weight is 272 g/mol. The molecule has 0 aliphatic rings. The molecule has 0 spiro atoms. The van der Waals surface area contributed by atoms with Crippen molar-refractivity contribution in [3.8, 4) is 6.07 Å². The fraction of sp³-hybridized carbons (Fsp3) is 0.333. The number of rotatable bonds is 3. The van der Waals surface area contributed by atoms with E-state index in [1.165, 1.54) is 0 Å². The van der Waals surface area contributed by atoms with Gasteiger partial charge in [0.25, 0.3) is 0 Å². The van der Waals surface area contributed by atoms with Crippen molar-refractivity contribution in [3.63, 3.8) is 0 Å². The largest absolute Gasteiger partial charge is 0.469 e. The zero-order valence-corrected chi connectivity index (χ0v) is 10.0. The van der Waals surface area contributed by atoms with E-state index in [4.69, 9.17) is 11.0 Å². The highest BCUT2D eigenvalue weighted by Gasteiger charge is 2.34. The summed E-state index contributed by atoms with van der Waals surface area (Å²) in [5, 5.41) is 8.89. The predicted molar refractivity (Wildman–Crippen MR) is 59.8 cm³/mol. The van der Waals surface area contributed by atoms with Crippen LogP contribution in [-0.2, 0) is 28.7 Å². The van der Waals surface area contributed by atoms with Crippen LogP contribution in [-0.4, -0.2) is 13.1 Å². The van der Waals surface area contributed by atoms with Crippen molar-refractivity contribution < 1.29 is 22.7 Å². The lowest BCUT2D eigenvalue weighted by molar-refractivity contribution is -0.141. The van der Waals surface area contributed by atoms with Gasteiger partial charge >= 0.3 is 12.1 Å². The summed E-state index contributed by atoms with van der Waals surface area (Å²) in [7, 11) is 1.12. The van der Waals surface area contributed by atoms with Crippen molar-refractivity contribution in [2.45, 2.75) is 19.1 Å². The summed E-state index contributed by atoms with van der Waals surface area (Å²) >= 11 is 0. The Morgan fingerprint density at radius 2 is 2.05 bits per heavy atom. The third-order valence-corrected chi connectivity index (χ3v) is 2.61. The zero-order valence-electron chi connectivity index (χ0n) is 10.0. The molecule has 0 saturated carbocycles. The Morgan fingerprint density at radius 1 is 1.42 bits per heavy atom. The second-order valence-electron chi connectivity index (χ2n) is 3.68. The molecule has 7 heteroatoms. The highest BCUT2D eigenvalue weighted by molar-refractivity contribution is 5.74. The number of nitrogens with zero attached hydrogens (tertiary/aromatic N) is 1. The monoisotopic (exact) mass is 272 g/mol. The van der Waals surface area contributed by atoms with E-state index in [1.807, 2.05) is 0 Å². The summed E-state index contributed by atoms with van der Waals surface area (Å²) in [6.45, 7) is -0.420. The highest BCUT2D eigenvalue weighted by atomic mass is 19.4. The number of alkyl halides is 3. The van der Waals surface area contributed by atoms with Crippen LogP contribution in [0.2, 0.25) is 0 Å². The quantitative estimate of drug-likeness (QED) is 0.850. The fourth-order valence-corrected chi connectivity index (χ4v) is 1.71. The summed E-state index contributed by atoms with van der Waals surface area (Å²) in [5.41, 5.74) is 4.09. The van der Waals surface area contributed by atoms with Gasteiger partial charge in [-0.1, -0.05) is 0 Å². The molecule has 0 amide bonds. The first-order valence-corrected chi connectivity index (χ1v) is 5.24. The van der Waals surface area contributed by atoms with Gasteiger partial charge in [0.2, 0.25) is 0 Å². The van der Waals surface area contributed by atoms with E-state index in [2.05, 4.69) is 4.74 Å². The molecule has 0 atom stereocenters. The second-order valence-corrected chi connectivity index (χ2v) is 3.68. The molecule has 0 aliphatic carbocycles. The molecule has 1 rings (SSSR count). The number of nitriles is 1. The van der Waals surface area contributed by atoms with Gasteiger partial charge in [-0.3, -0.25) is 4.79 Å². The molecule has 0 heterocycles. The lowest BCUT2D eigenvalue weighted by atomic mass is 9.94. The number of halogens is 3. The van der Waals surface area contributed by atoms with Gasteiger partial charge in [-0.05, 0) is 23.3 Å². The summed E-state index contributed by atoms with van der Waals surface area (Å²) in [5.74, 6) is -0.731. The van der Waals surface area contributed by atoms with Gasteiger partial charge in [0.1, 0.15) is 0 Å². The first-order valence-electron chi connectivity index (χ1n) is 5.24. The van der Waals surface area contributed by atoms with E-state index >= 15 is 0 Å². The van der Waals surface area contributed by atoms with Crippen molar-refractivity contribution in [2.75, 3.05) is 7.11 Å². The van der Waals surface area contributed by atoms with Crippen molar-refractivity contribution in [2.24, 2.45) is 5.73 Å². The number of carbonyl (C=O) groups is 1. The number of hydrogen-bond acceptors (Lipinski definition) is 4. The Labute approximate surface area is 107 Å². The normalized spacial score (nSPS) is 10.9. The lowest BCUT2D eigenvalue weighted by Crippen LogP contribution is -2.17. The van der Waals surface area contributed by atoms with Gasteiger partial charge in [0, 0.05) is 6.54 Å². The van der Waals surface area contributed by atoms with E-state index in [0.29, 0.717) is 0 Å². The van der Waals surface area contributed by atoms with Crippen LogP contribution in [0.1, 0.15) is 22.3 Å². The van der Waals surface area contributed by atoms with Crippen LogP contribution in [0.5, 0.6) is 0 Å². The third kappa shape index (κ3) is 3.23. The van der Waals surface area contributed by atoms with E-state index in [-0.39, 0.29) is 16.7 Å². The van der Waals surface area contributed by atoms with Crippen molar-refractivity contribution in [3.05, 3.63) is 34.4 Å². The number of benzene rings is 1. The van der Waals surface area contributed by atoms with E-state index in [1.54, 1.807) is 6.07 Å². The summed E-state index contributed by atoms with van der Waals surface area (Å²) in [6.07, 6.45) is -5.01. The van der Waals surface area contributed by atoms with Crippen molar-refractivity contribution in [1.82, 2.24) is 0 Å². The van der Waals surface area contributed by atoms with E-state index in [0.717, 1.165) is 19.2 Å². The van der Waals surface area contributed by atoms with Crippen LogP contribution in [0, 0.1) is 11.3 Å². The van der Waals surface area contributed by atoms with Gasteiger partial charge < -0.3 is 10.5 Å². The predicted octanol–water partition coefficient (Wildman–Crippen LogP) is 1.75. The van der Waals surface area contributed by atoms with Gasteiger partial charge in [0.15, 0.2) is 0 Å². The minimum atomic E-state index is -4.59. The fourth-order valence-electron chi connectivity index (χ4n) is 1.71. The average Bonchev–Trinajstić information content (AvgIpc) is 2.36. The SMILES string of the molecule is COC(=O)Cc1c(C#N)ccc(C(F)(F)F)c1CN. The third-order valence-electron chi connectivity index (χ3n) is 2.61. The standard InChI is InChI=1S/C12H11F3N2O2/c1-19-11(18)4-8-7(5-16)2-3-10(9(8)6-17)12(13,14)15/h2-3H,4,6,17H2,1H3. The summed E-state index contributed by atoms with van der Waals surface area (Å²) in [4.78, 5) is 11.2. The van der Waals surface area contributed by atoms with Crippen LogP contribution < -0.4 is 5.73 Å². The highest BCUT2D eigenvalue weighted by Crippen LogP contribution is 2.34. The summed E-state index contributed by atoms with van der Waals surface area (Å²) < 4.78 is 42.9. The van der Waals surface area contributed by atoms with Crippen molar-refractivity contribution >= 4 is 5.97 Å². The lowest BCUT2D eigenvalue weighted by Gasteiger charge is -2.16. The van der Waals surface area contributed by atoms with Crippen LogP contribution in [0.3, 0.4) is 0 Å². The molecule has 0 aromatic heterocycles. The van der Waals surface area contributed by atoms with Crippen molar-refractivity contribution in [1.29, 1.82) is 5.26 Å². The Kier molecular flexibility index (Phi) is 4.51. The first kappa shape index (κ1) is 15.0. The van der Waals surface area contributed by atoms with Crippen LogP contribution in [0.25, 0.3) is 0 Å². The molecule has 0 saturated heterocycles. The number of hydrogen-bond donors (Lipinski definition) is 1. The Morgan fingerprint density at radius 3 is 2.47 bits per heavy atom. The Balaban J connectivity index is 3.47. The molecule has 4 nitrogen and oxygen atoms in total. The van der Waals surface area contributed by atoms with Crippen LogP contribution in [0.4, 0.5) is 13.2 Å². The Bertz CT molecular complexity index is 533. The van der Waals surface area contributed by atoms with Crippen LogP contribution >= 0.6 is 0 Å². The second kappa shape index (κ2) is 5.71. The molecule has 0 fully saturated rings. The van der Waals surface area contributed by atoms with Gasteiger partial charge in [-0.2, -0.15) is 18.4 Å². The van der Waals surface area contributed by atoms with Gasteiger partial charge in [-0.25, -0.2) is 0 Å². The molecule has 0 unspecified atom stereocenters. The maximum Gasteiger partial charge on any atom is 0.416 e. The maximum absolute atomic E-state index is 12.8. The smallest absolute Gasteiger partial charge is 0.416 e. The maximum atomic E-state index is 12.8. The summed E-state index contributed by atoms with van der Waals surface area (Å²) in [6, 6.07) is 3.57. The molecule has 0 radical (unpaired) electrons. The van der Waals surface area contributed by atoms with Gasteiger partial charge in [-0.15, -0.1) is 0 Å². The number of nitrogens with two attached hydrogens (primary N) is 1. The molecule has 102 valence electrons. The van der Waals surface area contributed by atoms with E-state index in [9.17, 15) is 18.0 Å². The number of methoxy groups -OCH3 is 1. The molecule has 19 heavy (non-hydrogen) atoms. The molecule has 0 bridgehead atoms. The van der Waals surface area contributed by atoms with Crippen LogP contribution in [0.15, 0.2) is 12.1 Å². The van der Waals surface area contributed by atoms with E-state index < -0.39 is 30.7 Å². The minimum Gasteiger partial charge on any atom is -0.469 e. The number of esters is 1. The molecular weight excluding hydrogens is 261 g/mol. The molecule has 0 aliphatic heterocycles. The minimum absolute atomic E-state index is 0.0150. The molecule has 2 N–H and O–H groups in total.